The average molecular weight is 1490 g/mol. The number of rotatable bonds is 9. The van der Waals surface area contributed by atoms with Crippen molar-refractivity contribution in [1.82, 2.24) is 47.4 Å². The molecule has 7 aliphatic rings. The number of nitrogens with two attached hydrogens (primary N) is 1. The van der Waals surface area contributed by atoms with Crippen molar-refractivity contribution in [2.24, 2.45) is 5.73 Å². The number of hydrogen-bond acceptors (Lipinski definition) is 24. The van der Waals surface area contributed by atoms with E-state index in [4.69, 9.17) is 52.6 Å². The van der Waals surface area contributed by atoms with Crippen molar-refractivity contribution >= 4 is 70.5 Å². The standard InChI is InChI=1S/C71H70Cl2N10O22/c1-28(85)76-58-62(93)61(92)51(27-84)104-71(58)105-63-32-8-12-47(41(73)20-32)103-50-23-34-22-49(60(50)91)102-46-11-5-29(15-40(46)72)16-42-64(94)78-55(33-17-35(86)24-37(18-33)101-48-21-30(6-10-44(48)89)53(74)65(95)77-42)68(98)80-56(34)69(99)79-54-31-7-9-43(88)38(19-31)52-39(25-36(87)26-45(52)90)57(66(96)75-13-4-14-83(2)3)81-70(100)59(63)82-67(54)97/h5-12,15,17-26,42,51,53-59,61-63,71,84,86-93H,4,13-14,16,27,74H2,1-3H3,(H,75,96)(H,76,85)(H,77,95)(H,78,94)(H,79,99)(H,80,98)(H,81,100)(H,82,97)/t42-,51?,53-,54-,55+,56-,57+,58?,59+,61?,62?,63-,71?/m1/s1. The Bertz CT molecular complexity index is 4660. The number of carbonyl (C=O) groups is 8. The molecule has 14 rings (SSSR count). The second kappa shape index (κ2) is 30.2. The summed E-state index contributed by atoms with van der Waals surface area (Å²) in [5.41, 5.74) is 4.48. The molecule has 17 bridgehead atoms. The number of amides is 8. The van der Waals surface area contributed by atoms with Gasteiger partial charge in [-0.25, -0.2) is 0 Å². The fourth-order valence-electron chi connectivity index (χ4n) is 12.8. The summed E-state index contributed by atoms with van der Waals surface area (Å²) in [5.74, 6) is -15.5. The molecular formula is C71H70Cl2N10O22. The zero-order valence-electron chi connectivity index (χ0n) is 55.6. The third kappa shape index (κ3) is 15.6. The van der Waals surface area contributed by atoms with Crippen LogP contribution in [0.15, 0.2) is 115 Å². The molecule has 1 saturated heterocycles. The monoisotopic (exact) mass is 1480 g/mol. The highest BCUT2D eigenvalue weighted by Crippen LogP contribution is 2.49. The summed E-state index contributed by atoms with van der Waals surface area (Å²) in [6.45, 7) is 0.487. The molecule has 7 aromatic rings. The smallest absolute Gasteiger partial charge is 0.248 e. The number of fused-ring (bicyclic) bond motifs is 14. The second-order valence-corrected chi connectivity index (χ2v) is 26.6. The van der Waals surface area contributed by atoms with Gasteiger partial charge >= 0.3 is 0 Å². The normalized spacial score (nSPS) is 24.5. The van der Waals surface area contributed by atoms with Gasteiger partial charge in [0.1, 0.15) is 113 Å². The molecule has 0 radical (unpaired) electrons. The Kier molecular flexibility index (Phi) is 21.2. The third-order valence-corrected chi connectivity index (χ3v) is 18.6. The van der Waals surface area contributed by atoms with Crippen LogP contribution in [0.2, 0.25) is 10.0 Å². The van der Waals surface area contributed by atoms with Gasteiger partial charge in [-0.15, -0.1) is 0 Å². The number of nitrogens with one attached hydrogen (secondary N) is 8. The topological polar surface area (TPSA) is 490 Å². The number of phenols is 6. The molecule has 34 heteroatoms. The van der Waals surface area contributed by atoms with Crippen molar-refractivity contribution in [3.05, 3.63) is 164 Å². The minimum absolute atomic E-state index is 0.0360. The molecule has 0 spiro atoms. The van der Waals surface area contributed by atoms with Gasteiger partial charge in [-0.1, -0.05) is 47.5 Å². The minimum atomic E-state index is -2.31. The van der Waals surface area contributed by atoms with Crippen LogP contribution in [0.3, 0.4) is 0 Å². The lowest BCUT2D eigenvalue weighted by molar-refractivity contribution is -0.284. The number of ether oxygens (including phenoxy) is 5. The Balaban J connectivity index is 1.10. The van der Waals surface area contributed by atoms with Gasteiger partial charge in [-0.2, -0.15) is 0 Å². The Labute approximate surface area is 605 Å². The van der Waals surface area contributed by atoms with Crippen LogP contribution in [0.5, 0.6) is 69.0 Å². The van der Waals surface area contributed by atoms with E-state index < -0.39 is 189 Å². The Morgan fingerprint density at radius 3 is 1.88 bits per heavy atom. The number of nitrogens with zero attached hydrogens (tertiary/aromatic N) is 1. The number of aromatic hydroxyl groups is 6. The van der Waals surface area contributed by atoms with E-state index in [1.165, 1.54) is 54.6 Å². The molecule has 13 atom stereocenters. The van der Waals surface area contributed by atoms with E-state index in [9.17, 15) is 60.3 Å². The number of halogens is 2. The van der Waals surface area contributed by atoms with Gasteiger partial charge in [0.15, 0.2) is 29.3 Å². The van der Waals surface area contributed by atoms with E-state index in [1.54, 1.807) is 14.1 Å². The molecule has 1 fully saturated rings. The summed E-state index contributed by atoms with van der Waals surface area (Å²) in [4.78, 5) is 123. The highest BCUT2D eigenvalue weighted by molar-refractivity contribution is 6.32. The molecule has 7 aromatic carbocycles. The highest BCUT2D eigenvalue weighted by atomic mass is 35.5. The number of aliphatic hydroxyl groups is 3. The van der Waals surface area contributed by atoms with Crippen LogP contribution in [0.25, 0.3) is 11.1 Å². The molecule has 7 aliphatic heterocycles. The van der Waals surface area contributed by atoms with Crippen molar-refractivity contribution in [2.45, 2.75) is 98.8 Å². The highest BCUT2D eigenvalue weighted by Gasteiger charge is 2.49. The zero-order valence-corrected chi connectivity index (χ0v) is 57.1. The van der Waals surface area contributed by atoms with Crippen molar-refractivity contribution in [3.63, 3.8) is 0 Å². The number of aliphatic hydroxyl groups excluding tert-OH is 3. The first-order valence-corrected chi connectivity index (χ1v) is 33.4. The van der Waals surface area contributed by atoms with E-state index >= 15 is 24.0 Å². The fourth-order valence-corrected chi connectivity index (χ4v) is 13.3. The molecule has 19 N–H and O–H groups in total. The number of benzene rings is 7. The Morgan fingerprint density at radius 2 is 1.21 bits per heavy atom. The van der Waals surface area contributed by atoms with E-state index in [2.05, 4.69) is 42.5 Å². The van der Waals surface area contributed by atoms with E-state index in [1.807, 2.05) is 4.90 Å². The maximum atomic E-state index is 16.3. The molecule has 32 nitrogen and oxygen atoms in total. The maximum absolute atomic E-state index is 16.3. The quantitative estimate of drug-likeness (QED) is 0.0924. The van der Waals surface area contributed by atoms with Crippen LogP contribution >= 0.6 is 23.2 Å². The first-order valence-electron chi connectivity index (χ1n) is 32.6. The number of hydrogen-bond donors (Lipinski definition) is 18. The SMILES string of the molecule is CC(=O)NC1C(O[C@@H]2c3ccc(c(Cl)c3)Oc3cc4cc(c3O)Oc3ccc(cc3Cl)C[C@H]3NC(=O)[C@H](N)c5ccc(O)c(c5)Oc5cc(O)cc(c5)[C@H](NC3=O)C(=O)N[C@H]4C(=O)N[C@H]3C(=O)N[C@@H]2C(=O)N[C@H](C(=O)NCCCN(C)C)c2cc(O)cc(O)c2-c2cc3ccc2O)OC(CO)C(O)C1O. The Morgan fingerprint density at radius 1 is 0.600 bits per heavy atom. The van der Waals surface area contributed by atoms with E-state index in [0.29, 0.717) is 13.0 Å². The van der Waals surface area contributed by atoms with Gasteiger partial charge in [0, 0.05) is 43.1 Å². The van der Waals surface area contributed by atoms with Crippen LogP contribution in [0, 0.1) is 0 Å². The van der Waals surface area contributed by atoms with Crippen LogP contribution in [0.1, 0.15) is 88.6 Å². The second-order valence-electron chi connectivity index (χ2n) is 25.8. The zero-order chi connectivity index (χ0) is 75.1. The van der Waals surface area contributed by atoms with Gasteiger partial charge in [0.25, 0.3) is 0 Å². The van der Waals surface area contributed by atoms with Crippen LogP contribution in [0.4, 0.5) is 0 Å². The lowest BCUT2D eigenvalue weighted by atomic mass is 9.89. The molecule has 5 unspecified atom stereocenters. The molecule has 0 aromatic heterocycles. The number of carbonyl (C=O) groups excluding carboxylic acids is 8. The van der Waals surface area contributed by atoms with Crippen LogP contribution in [-0.4, -0.2) is 175 Å². The fraction of sp³-hybridized carbons (Fsp3) is 0.296. The summed E-state index contributed by atoms with van der Waals surface area (Å²) in [5, 5.41) is 124. The minimum Gasteiger partial charge on any atom is -0.508 e. The summed E-state index contributed by atoms with van der Waals surface area (Å²) < 4.78 is 31.5. The first kappa shape index (κ1) is 73.5. The molecule has 7 heterocycles. The average Bonchev–Trinajstić information content (AvgIpc) is 0.765. The van der Waals surface area contributed by atoms with Crippen molar-refractivity contribution in [1.29, 1.82) is 0 Å². The predicted octanol–water partition coefficient (Wildman–Crippen LogP) is 2.94. The van der Waals surface area contributed by atoms with Gasteiger partial charge in [-0.3, -0.25) is 38.4 Å². The van der Waals surface area contributed by atoms with Crippen molar-refractivity contribution < 1.29 is 108 Å². The third-order valence-electron chi connectivity index (χ3n) is 18.0. The first-order chi connectivity index (χ1) is 50.0. The Hall–Kier alpha value is -11.2. The summed E-state index contributed by atoms with van der Waals surface area (Å²) in [6, 6.07) is 6.23. The largest absolute Gasteiger partial charge is 0.508 e. The molecule has 550 valence electrons. The number of phenolic OH excluding ortho intramolecular Hbond substituents is 6. The van der Waals surface area contributed by atoms with Crippen LogP contribution in [-0.2, 0) is 54.3 Å². The van der Waals surface area contributed by atoms with Crippen molar-refractivity contribution in [3.8, 4) is 80.1 Å². The lowest BCUT2D eigenvalue weighted by Crippen LogP contribution is -2.65. The van der Waals surface area contributed by atoms with Gasteiger partial charge < -0.3 is 123 Å². The van der Waals surface area contributed by atoms with Gasteiger partial charge in [0.05, 0.1) is 16.7 Å². The molecule has 8 amide bonds. The van der Waals surface area contributed by atoms with Gasteiger partial charge in [0.2, 0.25) is 53.0 Å². The maximum Gasteiger partial charge on any atom is 0.248 e. The molecule has 0 aliphatic carbocycles. The summed E-state index contributed by atoms with van der Waals surface area (Å²) in [7, 11) is 3.57. The molecular weight excluding hydrogens is 1420 g/mol. The van der Waals surface area contributed by atoms with Gasteiger partial charge in [-0.05, 0) is 145 Å². The van der Waals surface area contributed by atoms with E-state index in [0.717, 1.165) is 67.6 Å². The van der Waals surface area contributed by atoms with Crippen molar-refractivity contribution in [2.75, 3.05) is 33.8 Å². The molecule has 105 heavy (non-hydrogen) atoms. The molecule has 0 saturated carbocycles. The summed E-state index contributed by atoms with van der Waals surface area (Å²) in [6.07, 6.45) is -9.73. The lowest BCUT2D eigenvalue weighted by Gasteiger charge is -2.44. The predicted molar refractivity (Wildman–Crippen MR) is 368 cm³/mol. The van der Waals surface area contributed by atoms with E-state index in [-0.39, 0.29) is 85.5 Å². The van der Waals surface area contributed by atoms with Crippen LogP contribution < -0.4 is 62.5 Å². The summed E-state index contributed by atoms with van der Waals surface area (Å²) >= 11 is 14.2.